The van der Waals surface area contributed by atoms with Gasteiger partial charge < -0.3 is 14.4 Å². The molecule has 7 heteroatoms. The molecule has 0 aromatic carbocycles. The number of hydrogen-bond acceptors (Lipinski definition) is 5. The molecule has 1 N–H and O–H groups in total. The van der Waals surface area contributed by atoms with Crippen LogP contribution in [0.25, 0.3) is 0 Å². The number of amides is 1. The molecule has 7 nitrogen and oxygen atoms in total. The number of carbonyl (C=O) groups is 2. The van der Waals surface area contributed by atoms with E-state index in [-0.39, 0.29) is 24.1 Å². The highest BCUT2D eigenvalue weighted by Crippen LogP contribution is 2.33. The molecule has 0 bridgehead atoms. The van der Waals surface area contributed by atoms with Gasteiger partial charge in [0.25, 0.3) is 5.91 Å². The molecule has 0 saturated carbocycles. The summed E-state index contributed by atoms with van der Waals surface area (Å²) in [7, 11) is 0. The summed E-state index contributed by atoms with van der Waals surface area (Å²) >= 11 is 0. The van der Waals surface area contributed by atoms with Crippen LogP contribution in [0.15, 0.2) is 40.9 Å². The van der Waals surface area contributed by atoms with Crippen LogP contribution in [0.4, 0.5) is 0 Å². The number of likely N-dealkylation sites (tertiary alicyclic amines) is 2. The average Bonchev–Trinajstić information content (AvgIpc) is 3.43. The number of rotatable bonds is 5. The monoisotopic (exact) mass is 369 g/mol. The van der Waals surface area contributed by atoms with Gasteiger partial charge in [0, 0.05) is 30.9 Å². The van der Waals surface area contributed by atoms with E-state index in [1.165, 1.54) is 12.8 Å². The number of hydrogen-bond donors (Lipinski definition) is 1. The molecule has 2 fully saturated rings. The Balaban J connectivity index is 1.47. The van der Waals surface area contributed by atoms with E-state index in [1.54, 1.807) is 23.2 Å². The molecular formula is C20H23N3O4. The van der Waals surface area contributed by atoms with Crippen LogP contribution >= 0.6 is 0 Å². The molecule has 2 aliphatic rings. The topological polar surface area (TPSA) is 86.9 Å². The van der Waals surface area contributed by atoms with Gasteiger partial charge in [-0.3, -0.25) is 19.5 Å². The molecule has 2 saturated heterocycles. The lowest BCUT2D eigenvalue weighted by atomic mass is 9.93. The van der Waals surface area contributed by atoms with Crippen LogP contribution in [0.2, 0.25) is 0 Å². The number of carbonyl (C=O) groups excluding carboxylic acids is 1. The van der Waals surface area contributed by atoms with Crippen LogP contribution in [0, 0.1) is 5.92 Å². The first-order valence-corrected chi connectivity index (χ1v) is 9.36. The van der Waals surface area contributed by atoms with Crippen molar-refractivity contribution in [3.8, 4) is 0 Å². The molecule has 2 aliphatic heterocycles. The van der Waals surface area contributed by atoms with E-state index in [2.05, 4.69) is 9.88 Å². The largest absolute Gasteiger partial charge is 0.481 e. The van der Waals surface area contributed by atoms with Gasteiger partial charge in [-0.05, 0) is 50.2 Å². The van der Waals surface area contributed by atoms with E-state index >= 15 is 0 Å². The quantitative estimate of drug-likeness (QED) is 0.870. The summed E-state index contributed by atoms with van der Waals surface area (Å²) in [5, 5.41) is 9.58. The van der Waals surface area contributed by atoms with Crippen molar-refractivity contribution in [2.45, 2.75) is 25.3 Å². The van der Waals surface area contributed by atoms with Crippen molar-refractivity contribution < 1.29 is 19.1 Å². The Hall–Kier alpha value is -2.67. The van der Waals surface area contributed by atoms with Gasteiger partial charge in [0.2, 0.25) is 0 Å². The predicted molar refractivity (Wildman–Crippen MR) is 97.2 cm³/mol. The third-order valence-electron chi connectivity index (χ3n) is 5.44. The number of furan rings is 1. The van der Waals surface area contributed by atoms with Gasteiger partial charge in [-0.2, -0.15) is 0 Å². The molecule has 0 unspecified atom stereocenters. The number of aliphatic carboxylic acids is 1. The van der Waals surface area contributed by atoms with Gasteiger partial charge in [-0.25, -0.2) is 0 Å². The predicted octanol–water partition coefficient (Wildman–Crippen LogP) is 2.21. The van der Waals surface area contributed by atoms with Crippen molar-refractivity contribution in [2.24, 2.45) is 5.92 Å². The zero-order valence-electron chi connectivity index (χ0n) is 15.1. The first-order valence-electron chi connectivity index (χ1n) is 9.36. The summed E-state index contributed by atoms with van der Waals surface area (Å²) in [5.74, 6) is -1.09. The van der Waals surface area contributed by atoms with E-state index < -0.39 is 11.9 Å². The summed E-state index contributed by atoms with van der Waals surface area (Å²) in [6.07, 6.45) is 4.05. The second kappa shape index (κ2) is 7.52. The first-order chi connectivity index (χ1) is 13.1. The smallest absolute Gasteiger partial charge is 0.309 e. The lowest BCUT2D eigenvalue weighted by Gasteiger charge is -2.15. The van der Waals surface area contributed by atoms with Crippen LogP contribution in [0.3, 0.4) is 0 Å². The summed E-state index contributed by atoms with van der Waals surface area (Å²) < 4.78 is 5.76. The van der Waals surface area contributed by atoms with Crippen LogP contribution in [0.1, 0.15) is 40.8 Å². The summed E-state index contributed by atoms with van der Waals surface area (Å²) in [5.41, 5.74) is 0.703. The second-order valence-corrected chi connectivity index (χ2v) is 7.27. The normalized spacial score (nSPS) is 23.0. The van der Waals surface area contributed by atoms with Crippen molar-refractivity contribution in [1.29, 1.82) is 0 Å². The molecule has 4 heterocycles. The molecule has 2 atom stereocenters. The summed E-state index contributed by atoms with van der Waals surface area (Å²) in [6, 6.07) is 8.98. The van der Waals surface area contributed by atoms with E-state index in [9.17, 15) is 14.7 Å². The van der Waals surface area contributed by atoms with Gasteiger partial charge in [0.1, 0.15) is 5.76 Å². The minimum absolute atomic E-state index is 0.164. The van der Waals surface area contributed by atoms with Crippen molar-refractivity contribution in [3.05, 3.63) is 53.7 Å². The molecule has 4 rings (SSSR count). The molecule has 0 radical (unpaired) electrons. The van der Waals surface area contributed by atoms with Crippen molar-refractivity contribution in [2.75, 3.05) is 26.2 Å². The van der Waals surface area contributed by atoms with Crippen molar-refractivity contribution in [3.63, 3.8) is 0 Å². The average molecular weight is 369 g/mol. The molecule has 1 amide bonds. The minimum atomic E-state index is -0.907. The van der Waals surface area contributed by atoms with E-state index in [0.29, 0.717) is 18.8 Å². The molecule has 0 spiro atoms. The molecule has 2 aromatic heterocycles. The fraction of sp³-hybridized carbons (Fsp3) is 0.450. The number of carboxylic acids is 1. The Morgan fingerprint density at radius 1 is 1.15 bits per heavy atom. The molecule has 142 valence electrons. The van der Waals surface area contributed by atoms with Crippen molar-refractivity contribution in [1.82, 2.24) is 14.8 Å². The zero-order chi connectivity index (χ0) is 18.8. The highest BCUT2D eigenvalue weighted by atomic mass is 16.4. The third-order valence-corrected chi connectivity index (χ3v) is 5.44. The maximum Gasteiger partial charge on any atom is 0.309 e. The van der Waals surface area contributed by atoms with Gasteiger partial charge in [-0.15, -0.1) is 0 Å². The number of pyridine rings is 1. The number of aromatic nitrogens is 1. The van der Waals surface area contributed by atoms with Gasteiger partial charge in [0.05, 0.1) is 12.5 Å². The maximum atomic E-state index is 12.8. The summed E-state index contributed by atoms with van der Waals surface area (Å²) in [6.45, 7) is 3.32. The summed E-state index contributed by atoms with van der Waals surface area (Å²) in [4.78, 5) is 32.7. The van der Waals surface area contributed by atoms with E-state index in [1.807, 2.05) is 18.2 Å². The van der Waals surface area contributed by atoms with Gasteiger partial charge in [0.15, 0.2) is 5.76 Å². The highest BCUT2D eigenvalue weighted by molar-refractivity contribution is 5.92. The second-order valence-electron chi connectivity index (χ2n) is 7.27. The Kier molecular flexibility index (Phi) is 4.94. The lowest BCUT2D eigenvalue weighted by Crippen LogP contribution is -2.29. The Bertz CT molecular complexity index is 814. The van der Waals surface area contributed by atoms with Crippen LogP contribution < -0.4 is 0 Å². The SMILES string of the molecule is O=C(O)[C@@H]1CN(C(=O)c2ccc(CN3CCCC3)o2)C[C@H]1c1ccccn1. The fourth-order valence-electron chi connectivity index (χ4n) is 4.01. The fourth-order valence-corrected chi connectivity index (χ4v) is 4.01. The highest BCUT2D eigenvalue weighted by Gasteiger charge is 2.42. The Morgan fingerprint density at radius 3 is 2.67 bits per heavy atom. The molecule has 0 aliphatic carbocycles. The van der Waals surface area contributed by atoms with Crippen molar-refractivity contribution >= 4 is 11.9 Å². The van der Waals surface area contributed by atoms with Crippen LogP contribution in [0.5, 0.6) is 0 Å². The number of carboxylic acid groups (broad SMARTS) is 1. The van der Waals surface area contributed by atoms with Gasteiger partial charge in [-0.1, -0.05) is 6.07 Å². The standard InChI is InChI=1S/C20H23N3O4/c24-19(18-7-6-14(27-18)11-22-9-3-4-10-22)23-12-15(16(13-23)20(25)26)17-5-1-2-8-21-17/h1-2,5-8,15-16H,3-4,9-13H2,(H,25,26)/t15-,16-/m1/s1. The zero-order valence-corrected chi connectivity index (χ0v) is 15.1. The van der Waals surface area contributed by atoms with E-state index in [0.717, 1.165) is 18.8 Å². The first kappa shape index (κ1) is 17.7. The molecule has 27 heavy (non-hydrogen) atoms. The molecular weight excluding hydrogens is 346 g/mol. The molecule has 2 aromatic rings. The Labute approximate surface area is 157 Å². The minimum Gasteiger partial charge on any atom is -0.481 e. The van der Waals surface area contributed by atoms with Gasteiger partial charge >= 0.3 is 5.97 Å². The Morgan fingerprint density at radius 2 is 1.96 bits per heavy atom. The van der Waals surface area contributed by atoms with E-state index in [4.69, 9.17) is 4.42 Å². The van der Waals surface area contributed by atoms with Crippen LogP contribution in [-0.2, 0) is 11.3 Å². The third kappa shape index (κ3) is 3.73. The lowest BCUT2D eigenvalue weighted by molar-refractivity contribution is -0.141. The van der Waals surface area contributed by atoms with Crippen LogP contribution in [-0.4, -0.2) is 57.9 Å². The number of nitrogens with zero attached hydrogens (tertiary/aromatic N) is 3. The maximum absolute atomic E-state index is 12.8.